The van der Waals surface area contributed by atoms with Gasteiger partial charge >= 0.3 is 0 Å². The van der Waals surface area contributed by atoms with Crippen LogP contribution in [0, 0.1) is 0 Å². The Morgan fingerprint density at radius 2 is 1.57 bits per heavy atom. The van der Waals surface area contributed by atoms with Gasteiger partial charge in [0.15, 0.2) is 0 Å². The summed E-state index contributed by atoms with van der Waals surface area (Å²) < 4.78 is 0. The van der Waals surface area contributed by atoms with Crippen molar-refractivity contribution in [1.29, 1.82) is 0 Å². The lowest BCUT2D eigenvalue weighted by atomic mass is 9.93. The van der Waals surface area contributed by atoms with Gasteiger partial charge in [0.1, 0.15) is 0 Å². The van der Waals surface area contributed by atoms with Crippen molar-refractivity contribution in [2.45, 2.75) is 32.2 Å². The fraction of sp³-hybridized carbons (Fsp3) is 0.400. The lowest BCUT2D eigenvalue weighted by Gasteiger charge is -2.32. The van der Waals surface area contributed by atoms with Crippen LogP contribution in [-0.2, 0) is 25.8 Å². The molecule has 0 saturated carbocycles. The van der Waals surface area contributed by atoms with Gasteiger partial charge in [-0.05, 0) is 54.0 Å². The van der Waals surface area contributed by atoms with Crippen LogP contribution in [0.1, 0.15) is 28.7 Å². The normalized spacial score (nSPS) is 18.2. The van der Waals surface area contributed by atoms with Crippen LogP contribution in [0.3, 0.4) is 0 Å². The van der Waals surface area contributed by atoms with E-state index in [1.165, 1.54) is 40.8 Å². The van der Waals surface area contributed by atoms with E-state index in [9.17, 15) is 0 Å². The van der Waals surface area contributed by atoms with Gasteiger partial charge in [0.2, 0.25) is 0 Å². The quantitative estimate of drug-likeness (QED) is 0.866. The highest BCUT2D eigenvalue weighted by Crippen LogP contribution is 2.32. The average Bonchev–Trinajstić information content (AvgIpc) is 2.76. The summed E-state index contributed by atoms with van der Waals surface area (Å²) in [5, 5.41) is 1.96. The Balaban J connectivity index is 1.65. The molecule has 2 aliphatic rings. The molecule has 2 aromatic rings. The smallest absolute Gasteiger partial charge is 0.0429 e. The number of nitrogens with zero attached hydrogens (tertiary/aromatic N) is 2. The zero-order valence-corrected chi connectivity index (χ0v) is 13.7. The Bertz CT molecular complexity index is 681. The standard InChI is InChI=1S/C20H25N3/c21-23-11-8-17-13-19-7-4-10-22(15-16-5-2-1-3-6-16)20(19)14-18(17)9-12-23/h1-3,5-6,13-14H,4,7-12,15,21H2. The van der Waals surface area contributed by atoms with E-state index in [-0.39, 0.29) is 0 Å². The van der Waals surface area contributed by atoms with Gasteiger partial charge in [-0.3, -0.25) is 5.84 Å². The molecule has 0 aromatic heterocycles. The van der Waals surface area contributed by atoms with E-state index in [2.05, 4.69) is 47.4 Å². The fourth-order valence-corrected chi connectivity index (χ4v) is 3.88. The van der Waals surface area contributed by atoms with E-state index in [0.29, 0.717) is 0 Å². The number of fused-ring (bicyclic) bond motifs is 2. The molecule has 2 aromatic carbocycles. The minimum Gasteiger partial charge on any atom is -0.367 e. The van der Waals surface area contributed by atoms with Crippen LogP contribution < -0.4 is 10.7 Å². The van der Waals surface area contributed by atoms with Crippen molar-refractivity contribution in [3.05, 3.63) is 64.7 Å². The van der Waals surface area contributed by atoms with E-state index >= 15 is 0 Å². The third-order valence-electron chi connectivity index (χ3n) is 5.17. The van der Waals surface area contributed by atoms with Gasteiger partial charge in [-0.25, -0.2) is 5.01 Å². The summed E-state index contributed by atoms with van der Waals surface area (Å²) in [6.45, 7) is 4.10. The summed E-state index contributed by atoms with van der Waals surface area (Å²) in [5.41, 5.74) is 7.37. The number of anilines is 1. The number of hydrogen-bond donors (Lipinski definition) is 1. The van der Waals surface area contributed by atoms with Crippen molar-refractivity contribution in [3.63, 3.8) is 0 Å². The fourth-order valence-electron chi connectivity index (χ4n) is 3.88. The van der Waals surface area contributed by atoms with E-state index in [1.54, 1.807) is 0 Å². The Labute approximate surface area is 138 Å². The number of rotatable bonds is 2. The number of nitrogens with two attached hydrogens (primary N) is 1. The molecule has 0 aliphatic carbocycles. The van der Waals surface area contributed by atoms with Crippen LogP contribution in [0.2, 0.25) is 0 Å². The first-order valence-corrected chi connectivity index (χ1v) is 8.73. The maximum Gasteiger partial charge on any atom is 0.0429 e. The maximum atomic E-state index is 6.02. The molecule has 0 saturated heterocycles. The van der Waals surface area contributed by atoms with Gasteiger partial charge in [0.05, 0.1) is 0 Å². The summed E-state index contributed by atoms with van der Waals surface area (Å²) in [7, 11) is 0. The summed E-state index contributed by atoms with van der Waals surface area (Å²) in [5.74, 6) is 6.02. The molecular weight excluding hydrogens is 282 g/mol. The van der Waals surface area contributed by atoms with Crippen molar-refractivity contribution >= 4 is 5.69 Å². The average molecular weight is 307 g/mol. The zero-order chi connectivity index (χ0) is 15.6. The third-order valence-corrected chi connectivity index (χ3v) is 5.17. The van der Waals surface area contributed by atoms with Gasteiger partial charge < -0.3 is 4.90 Å². The minimum absolute atomic E-state index is 0.963. The molecule has 3 heteroatoms. The largest absolute Gasteiger partial charge is 0.367 e. The van der Waals surface area contributed by atoms with Crippen LogP contribution in [0.25, 0.3) is 0 Å². The van der Waals surface area contributed by atoms with Crippen molar-refractivity contribution in [2.24, 2.45) is 5.84 Å². The van der Waals surface area contributed by atoms with E-state index in [1.807, 2.05) is 5.01 Å². The molecule has 0 atom stereocenters. The molecule has 2 aliphatic heterocycles. The number of benzene rings is 2. The summed E-state index contributed by atoms with van der Waals surface area (Å²) in [4.78, 5) is 2.56. The van der Waals surface area contributed by atoms with Crippen LogP contribution in [-0.4, -0.2) is 24.6 Å². The van der Waals surface area contributed by atoms with Gasteiger partial charge in [-0.1, -0.05) is 36.4 Å². The molecule has 0 amide bonds. The predicted octanol–water partition coefficient (Wildman–Crippen LogP) is 2.91. The molecule has 0 spiro atoms. The van der Waals surface area contributed by atoms with Gasteiger partial charge in [-0.15, -0.1) is 0 Å². The predicted molar refractivity (Wildman–Crippen MR) is 95.4 cm³/mol. The van der Waals surface area contributed by atoms with Crippen LogP contribution in [0.15, 0.2) is 42.5 Å². The Morgan fingerprint density at radius 1 is 0.826 bits per heavy atom. The first-order chi connectivity index (χ1) is 11.3. The summed E-state index contributed by atoms with van der Waals surface area (Å²) in [6, 6.07) is 15.7. The highest BCUT2D eigenvalue weighted by molar-refractivity contribution is 5.60. The first-order valence-electron chi connectivity index (χ1n) is 8.73. The Hall–Kier alpha value is -1.84. The second kappa shape index (κ2) is 6.34. The lowest BCUT2D eigenvalue weighted by molar-refractivity contribution is 0.298. The second-order valence-electron chi connectivity index (χ2n) is 6.80. The zero-order valence-electron chi connectivity index (χ0n) is 13.7. The number of aryl methyl sites for hydroxylation is 1. The molecule has 23 heavy (non-hydrogen) atoms. The Morgan fingerprint density at radius 3 is 2.35 bits per heavy atom. The molecule has 0 unspecified atom stereocenters. The second-order valence-corrected chi connectivity index (χ2v) is 6.80. The summed E-state index contributed by atoms with van der Waals surface area (Å²) in [6.07, 6.45) is 4.61. The summed E-state index contributed by atoms with van der Waals surface area (Å²) >= 11 is 0. The minimum atomic E-state index is 0.963. The van der Waals surface area contributed by atoms with E-state index < -0.39 is 0 Å². The monoisotopic (exact) mass is 307 g/mol. The first kappa shape index (κ1) is 14.7. The SMILES string of the molecule is NN1CCc2cc3c(cc2CC1)N(Cc1ccccc1)CCC3. The van der Waals surface area contributed by atoms with Crippen LogP contribution >= 0.6 is 0 Å². The van der Waals surface area contributed by atoms with Gasteiger partial charge in [0, 0.05) is 31.9 Å². The third kappa shape index (κ3) is 3.12. The number of hydrogen-bond acceptors (Lipinski definition) is 3. The maximum absolute atomic E-state index is 6.02. The lowest BCUT2D eigenvalue weighted by Crippen LogP contribution is -2.33. The van der Waals surface area contributed by atoms with E-state index in [0.717, 1.165) is 39.0 Å². The Kier molecular flexibility index (Phi) is 4.06. The molecule has 2 heterocycles. The van der Waals surface area contributed by atoms with Crippen LogP contribution in [0.4, 0.5) is 5.69 Å². The molecular formula is C20H25N3. The topological polar surface area (TPSA) is 32.5 Å². The molecule has 4 rings (SSSR count). The van der Waals surface area contributed by atoms with Crippen molar-refractivity contribution in [1.82, 2.24) is 5.01 Å². The molecule has 0 radical (unpaired) electrons. The molecule has 2 N–H and O–H groups in total. The highest BCUT2D eigenvalue weighted by Gasteiger charge is 2.21. The van der Waals surface area contributed by atoms with Gasteiger partial charge in [0.25, 0.3) is 0 Å². The molecule has 3 nitrogen and oxygen atoms in total. The highest BCUT2D eigenvalue weighted by atomic mass is 15.4. The van der Waals surface area contributed by atoms with Gasteiger partial charge in [-0.2, -0.15) is 0 Å². The number of hydrazine groups is 1. The van der Waals surface area contributed by atoms with Crippen LogP contribution in [0.5, 0.6) is 0 Å². The van der Waals surface area contributed by atoms with Crippen molar-refractivity contribution < 1.29 is 0 Å². The molecule has 0 bridgehead atoms. The van der Waals surface area contributed by atoms with Crippen molar-refractivity contribution in [3.8, 4) is 0 Å². The van der Waals surface area contributed by atoms with Crippen molar-refractivity contribution in [2.75, 3.05) is 24.5 Å². The van der Waals surface area contributed by atoms with E-state index in [4.69, 9.17) is 5.84 Å². The molecule has 0 fully saturated rings. The molecule has 120 valence electrons.